The first-order valence-electron chi connectivity index (χ1n) is 7.26. The van der Waals surface area contributed by atoms with Crippen molar-refractivity contribution in [3.63, 3.8) is 0 Å². The van der Waals surface area contributed by atoms with Crippen LogP contribution in [0.2, 0.25) is 0 Å². The average molecular weight is 285 g/mol. The second-order valence-corrected chi connectivity index (χ2v) is 4.38. The Labute approximate surface area is 121 Å². The normalized spacial score (nSPS) is 11.1. The van der Waals surface area contributed by atoms with Crippen molar-refractivity contribution < 1.29 is 9.47 Å². The van der Waals surface area contributed by atoms with Gasteiger partial charge in [-0.25, -0.2) is 4.68 Å². The summed E-state index contributed by atoms with van der Waals surface area (Å²) in [4.78, 5) is 0. The Morgan fingerprint density at radius 2 is 1.95 bits per heavy atom. The third-order valence-electron chi connectivity index (χ3n) is 2.82. The molecule has 0 bridgehead atoms. The van der Waals surface area contributed by atoms with E-state index in [0.29, 0.717) is 19.8 Å². The van der Waals surface area contributed by atoms with Crippen LogP contribution in [0.3, 0.4) is 0 Å². The van der Waals surface area contributed by atoms with Crippen LogP contribution >= 0.6 is 0 Å². The van der Waals surface area contributed by atoms with E-state index >= 15 is 0 Å². The molecule has 1 heterocycles. The highest BCUT2D eigenvalue weighted by Gasteiger charge is 2.02. The van der Waals surface area contributed by atoms with Crippen molar-refractivity contribution in [1.82, 2.24) is 25.6 Å². The van der Waals surface area contributed by atoms with Crippen LogP contribution < -0.4 is 10.6 Å². The summed E-state index contributed by atoms with van der Waals surface area (Å²) >= 11 is 0. The van der Waals surface area contributed by atoms with Crippen molar-refractivity contribution in [3.05, 3.63) is 11.9 Å². The van der Waals surface area contributed by atoms with E-state index < -0.39 is 0 Å². The van der Waals surface area contributed by atoms with Gasteiger partial charge in [0.25, 0.3) is 0 Å². The molecule has 0 aliphatic rings. The second kappa shape index (κ2) is 11.8. The molecule has 1 aromatic heterocycles. The van der Waals surface area contributed by atoms with Crippen LogP contribution in [-0.4, -0.2) is 68.1 Å². The van der Waals surface area contributed by atoms with Gasteiger partial charge in [-0.2, -0.15) is 0 Å². The lowest BCUT2D eigenvalue weighted by Crippen LogP contribution is -2.20. The van der Waals surface area contributed by atoms with Crippen molar-refractivity contribution in [1.29, 1.82) is 0 Å². The molecule has 1 aromatic rings. The minimum Gasteiger partial charge on any atom is -0.378 e. The molecule has 0 radical (unpaired) electrons. The van der Waals surface area contributed by atoms with Gasteiger partial charge >= 0.3 is 0 Å². The zero-order chi connectivity index (χ0) is 14.5. The molecule has 0 saturated carbocycles. The average Bonchev–Trinajstić information content (AvgIpc) is 2.91. The van der Waals surface area contributed by atoms with Gasteiger partial charge in [-0.3, -0.25) is 0 Å². The lowest BCUT2D eigenvalue weighted by Gasteiger charge is -2.08. The first kappa shape index (κ1) is 17.0. The number of nitrogens with one attached hydrogen (secondary N) is 2. The predicted molar refractivity (Wildman–Crippen MR) is 77.8 cm³/mol. The summed E-state index contributed by atoms with van der Waals surface area (Å²) in [7, 11) is 1.94. The highest BCUT2D eigenvalue weighted by Crippen LogP contribution is 1.97. The minimum absolute atomic E-state index is 0.618. The predicted octanol–water partition coefficient (Wildman–Crippen LogP) is -0.317. The van der Waals surface area contributed by atoms with E-state index in [-0.39, 0.29) is 0 Å². The summed E-state index contributed by atoms with van der Waals surface area (Å²) in [5.41, 5.74) is 1.13. The van der Waals surface area contributed by atoms with Gasteiger partial charge in [0.05, 0.1) is 44.9 Å². The van der Waals surface area contributed by atoms with Gasteiger partial charge in [0.1, 0.15) is 0 Å². The van der Waals surface area contributed by atoms with Crippen LogP contribution in [0.1, 0.15) is 12.6 Å². The van der Waals surface area contributed by atoms with Crippen molar-refractivity contribution in [3.8, 4) is 0 Å². The fourth-order valence-electron chi connectivity index (χ4n) is 1.71. The number of ether oxygens (including phenoxy) is 2. The number of hydrogen-bond acceptors (Lipinski definition) is 6. The van der Waals surface area contributed by atoms with Crippen molar-refractivity contribution >= 4 is 0 Å². The second-order valence-electron chi connectivity index (χ2n) is 4.38. The molecule has 2 N–H and O–H groups in total. The molecule has 0 atom stereocenters. The summed E-state index contributed by atoms with van der Waals surface area (Å²) < 4.78 is 12.8. The zero-order valence-electron chi connectivity index (χ0n) is 12.6. The molecule has 7 nitrogen and oxygen atoms in total. The Morgan fingerprint density at radius 3 is 2.70 bits per heavy atom. The van der Waals surface area contributed by atoms with E-state index in [4.69, 9.17) is 9.47 Å². The monoisotopic (exact) mass is 285 g/mol. The molecule has 0 aliphatic heterocycles. The zero-order valence-corrected chi connectivity index (χ0v) is 12.6. The van der Waals surface area contributed by atoms with Crippen LogP contribution in [0, 0.1) is 0 Å². The summed E-state index contributed by atoms with van der Waals surface area (Å²) in [5, 5.41) is 14.3. The molecule has 0 spiro atoms. The Bertz CT molecular complexity index is 332. The Morgan fingerprint density at radius 1 is 1.15 bits per heavy atom. The molecule has 20 heavy (non-hydrogen) atoms. The third-order valence-corrected chi connectivity index (χ3v) is 2.82. The van der Waals surface area contributed by atoms with Crippen LogP contribution in [-0.2, 0) is 22.4 Å². The molecule has 7 heteroatoms. The maximum absolute atomic E-state index is 5.52. The smallest absolute Gasteiger partial charge is 0.0725 e. The van der Waals surface area contributed by atoms with Gasteiger partial charge in [0, 0.05) is 19.5 Å². The van der Waals surface area contributed by atoms with Crippen LogP contribution in [0.5, 0.6) is 0 Å². The van der Waals surface area contributed by atoms with Crippen molar-refractivity contribution in [2.45, 2.75) is 19.9 Å². The molecule has 0 unspecified atom stereocenters. The maximum atomic E-state index is 5.52. The number of likely N-dealkylation sites (N-methyl/N-ethyl adjacent to an activating group) is 2. The number of hydrogen-bond donors (Lipinski definition) is 2. The first-order chi connectivity index (χ1) is 9.88. The van der Waals surface area contributed by atoms with Crippen LogP contribution in [0.15, 0.2) is 6.20 Å². The standard InChI is InChI=1S/C13H27N5O2/c1-3-15-6-8-19-10-11-20-9-7-18-13(4-5-14-2)12-16-17-18/h12,14-15H,3-11H2,1-2H3. The van der Waals surface area contributed by atoms with Gasteiger partial charge in [-0.1, -0.05) is 12.1 Å². The van der Waals surface area contributed by atoms with E-state index in [1.807, 2.05) is 11.7 Å². The number of aromatic nitrogens is 3. The number of rotatable bonds is 13. The van der Waals surface area contributed by atoms with E-state index in [1.165, 1.54) is 0 Å². The van der Waals surface area contributed by atoms with Crippen LogP contribution in [0.25, 0.3) is 0 Å². The largest absolute Gasteiger partial charge is 0.378 e. The Balaban J connectivity index is 1.99. The van der Waals surface area contributed by atoms with E-state index in [1.54, 1.807) is 6.20 Å². The van der Waals surface area contributed by atoms with E-state index in [0.717, 1.165) is 44.9 Å². The van der Waals surface area contributed by atoms with Gasteiger partial charge in [-0.05, 0) is 13.6 Å². The summed E-state index contributed by atoms with van der Waals surface area (Å²) in [6, 6.07) is 0. The van der Waals surface area contributed by atoms with Gasteiger partial charge < -0.3 is 20.1 Å². The molecule has 0 fully saturated rings. The summed E-state index contributed by atoms with van der Waals surface area (Å²) in [6.07, 6.45) is 2.73. The topological polar surface area (TPSA) is 73.2 Å². The summed E-state index contributed by atoms with van der Waals surface area (Å²) in [6.45, 7) is 8.23. The molecule has 116 valence electrons. The molecule has 0 aliphatic carbocycles. The van der Waals surface area contributed by atoms with E-state index in [9.17, 15) is 0 Å². The number of nitrogens with zero attached hydrogens (tertiary/aromatic N) is 3. The highest BCUT2D eigenvalue weighted by atomic mass is 16.5. The van der Waals surface area contributed by atoms with Gasteiger partial charge in [0.15, 0.2) is 0 Å². The van der Waals surface area contributed by atoms with Crippen molar-refractivity contribution in [2.75, 3.05) is 53.1 Å². The lowest BCUT2D eigenvalue weighted by atomic mass is 10.3. The maximum Gasteiger partial charge on any atom is 0.0725 e. The fraction of sp³-hybridized carbons (Fsp3) is 0.846. The molecular weight excluding hydrogens is 258 g/mol. The van der Waals surface area contributed by atoms with Gasteiger partial charge in [-0.15, -0.1) is 5.10 Å². The molecule has 0 amide bonds. The molecule has 0 saturated heterocycles. The van der Waals surface area contributed by atoms with Crippen molar-refractivity contribution in [2.24, 2.45) is 0 Å². The van der Waals surface area contributed by atoms with Crippen LogP contribution in [0.4, 0.5) is 0 Å². The fourth-order valence-corrected chi connectivity index (χ4v) is 1.71. The molecule has 1 rings (SSSR count). The molecule has 0 aromatic carbocycles. The third kappa shape index (κ3) is 7.54. The first-order valence-corrected chi connectivity index (χ1v) is 7.26. The Hall–Kier alpha value is -1.02. The molecular formula is C13H27N5O2. The van der Waals surface area contributed by atoms with Gasteiger partial charge in [0.2, 0.25) is 0 Å². The SMILES string of the molecule is CCNCCOCCOCCn1nncc1CCNC. The Kier molecular flexibility index (Phi) is 10.0. The highest BCUT2D eigenvalue weighted by molar-refractivity contribution is 4.94. The lowest BCUT2D eigenvalue weighted by molar-refractivity contribution is 0.0448. The summed E-state index contributed by atoms with van der Waals surface area (Å²) in [5.74, 6) is 0. The quantitative estimate of drug-likeness (QED) is 0.484. The van der Waals surface area contributed by atoms with E-state index in [2.05, 4.69) is 27.9 Å². The minimum atomic E-state index is 0.618.